The number of aromatic nitrogens is 3. The number of hydrogen-bond acceptors (Lipinski definition) is 5. The summed E-state index contributed by atoms with van der Waals surface area (Å²) in [5, 5.41) is 7.07. The molecule has 0 aliphatic carbocycles. The van der Waals surface area contributed by atoms with Gasteiger partial charge in [0.1, 0.15) is 6.54 Å². The minimum Gasteiger partial charge on any atom is -0.346 e. The number of aryl methyl sites for hydroxylation is 2. The maximum atomic E-state index is 12.6. The largest absolute Gasteiger partial charge is 0.348 e. The Bertz CT molecular complexity index is 936. The molecule has 0 aliphatic heterocycles. The standard InChI is InChI=1S/C19H20N4O2S/c1-13-9-14(2)23(19(25)21-13)11-18(24)22-17(10-15-6-8-26-12-15)16-5-3-4-7-20-16/h3-9,12,17H,10-11H2,1-2H3,(H,22,24)/t17-/m1/s1. The summed E-state index contributed by atoms with van der Waals surface area (Å²) >= 11 is 1.62. The van der Waals surface area contributed by atoms with Crippen LogP contribution in [0.5, 0.6) is 0 Å². The van der Waals surface area contributed by atoms with Crippen LogP contribution in [0, 0.1) is 13.8 Å². The molecule has 0 spiro atoms. The summed E-state index contributed by atoms with van der Waals surface area (Å²) in [6, 6.07) is 9.19. The Morgan fingerprint density at radius 2 is 2.15 bits per heavy atom. The Hall–Kier alpha value is -2.80. The van der Waals surface area contributed by atoms with Gasteiger partial charge in [0, 0.05) is 17.6 Å². The van der Waals surface area contributed by atoms with Gasteiger partial charge in [0.2, 0.25) is 5.91 Å². The van der Waals surface area contributed by atoms with Crippen molar-refractivity contribution in [2.75, 3.05) is 0 Å². The van der Waals surface area contributed by atoms with Crippen molar-refractivity contribution in [3.8, 4) is 0 Å². The molecule has 0 saturated carbocycles. The van der Waals surface area contributed by atoms with Crippen LogP contribution < -0.4 is 11.0 Å². The van der Waals surface area contributed by atoms with Gasteiger partial charge in [-0.25, -0.2) is 4.79 Å². The third-order valence-electron chi connectivity index (χ3n) is 4.05. The van der Waals surface area contributed by atoms with E-state index in [1.807, 2.05) is 29.6 Å². The monoisotopic (exact) mass is 368 g/mol. The third-order valence-corrected chi connectivity index (χ3v) is 4.78. The van der Waals surface area contributed by atoms with Gasteiger partial charge in [-0.15, -0.1) is 0 Å². The van der Waals surface area contributed by atoms with Crippen LogP contribution in [0.25, 0.3) is 0 Å². The first-order chi connectivity index (χ1) is 12.5. The minimum absolute atomic E-state index is 0.0646. The molecule has 3 aromatic rings. The van der Waals surface area contributed by atoms with Crippen molar-refractivity contribution in [2.24, 2.45) is 0 Å². The SMILES string of the molecule is Cc1cc(C)n(CC(=O)N[C@H](Cc2ccsc2)c2ccccn2)c(=O)n1. The third kappa shape index (κ3) is 4.43. The molecule has 3 aromatic heterocycles. The van der Waals surface area contributed by atoms with Crippen molar-refractivity contribution in [1.29, 1.82) is 0 Å². The molecule has 7 heteroatoms. The fourth-order valence-electron chi connectivity index (χ4n) is 2.81. The number of carbonyl (C=O) groups is 1. The number of rotatable bonds is 6. The maximum Gasteiger partial charge on any atom is 0.348 e. The number of amides is 1. The lowest BCUT2D eigenvalue weighted by Crippen LogP contribution is -2.37. The molecule has 0 radical (unpaired) electrons. The van der Waals surface area contributed by atoms with Gasteiger partial charge in [0.15, 0.2) is 0 Å². The maximum absolute atomic E-state index is 12.6. The minimum atomic E-state index is -0.412. The summed E-state index contributed by atoms with van der Waals surface area (Å²) in [6.45, 7) is 3.49. The van der Waals surface area contributed by atoms with Crippen LogP contribution in [0.4, 0.5) is 0 Å². The normalized spacial score (nSPS) is 11.9. The predicted octanol–water partition coefficient (Wildman–Crippen LogP) is 2.42. The molecule has 1 N–H and O–H groups in total. The summed E-state index contributed by atoms with van der Waals surface area (Å²) in [4.78, 5) is 32.9. The van der Waals surface area contributed by atoms with Crippen LogP contribution in [-0.2, 0) is 17.8 Å². The van der Waals surface area contributed by atoms with Gasteiger partial charge >= 0.3 is 5.69 Å². The summed E-state index contributed by atoms with van der Waals surface area (Å²) in [6.07, 6.45) is 2.35. The molecular formula is C19H20N4O2S. The van der Waals surface area contributed by atoms with Crippen LogP contribution in [0.3, 0.4) is 0 Å². The van der Waals surface area contributed by atoms with Crippen molar-refractivity contribution in [3.05, 3.63) is 80.4 Å². The van der Waals surface area contributed by atoms with E-state index in [0.29, 0.717) is 17.8 Å². The van der Waals surface area contributed by atoms with E-state index in [-0.39, 0.29) is 18.5 Å². The van der Waals surface area contributed by atoms with Gasteiger partial charge in [-0.3, -0.25) is 14.3 Å². The second-order valence-electron chi connectivity index (χ2n) is 6.12. The van der Waals surface area contributed by atoms with Crippen molar-refractivity contribution < 1.29 is 4.79 Å². The first-order valence-electron chi connectivity index (χ1n) is 8.29. The highest BCUT2D eigenvalue weighted by molar-refractivity contribution is 7.07. The van der Waals surface area contributed by atoms with Crippen LogP contribution in [0.1, 0.15) is 28.7 Å². The molecule has 0 unspecified atom stereocenters. The molecule has 0 bridgehead atoms. The Morgan fingerprint density at radius 1 is 1.31 bits per heavy atom. The number of hydrogen-bond donors (Lipinski definition) is 1. The molecule has 0 aliphatic rings. The van der Waals surface area contributed by atoms with Gasteiger partial charge in [-0.1, -0.05) is 6.07 Å². The average Bonchev–Trinajstić information content (AvgIpc) is 3.11. The van der Waals surface area contributed by atoms with E-state index in [0.717, 1.165) is 11.3 Å². The molecule has 3 heterocycles. The number of thiophene rings is 1. The van der Waals surface area contributed by atoms with Crippen LogP contribution in [0.2, 0.25) is 0 Å². The van der Waals surface area contributed by atoms with E-state index in [9.17, 15) is 9.59 Å². The highest BCUT2D eigenvalue weighted by Crippen LogP contribution is 2.18. The first kappa shape index (κ1) is 18.0. The first-order valence-corrected chi connectivity index (χ1v) is 9.23. The van der Waals surface area contributed by atoms with E-state index in [1.54, 1.807) is 37.4 Å². The lowest BCUT2D eigenvalue weighted by Gasteiger charge is -2.19. The van der Waals surface area contributed by atoms with E-state index < -0.39 is 5.69 Å². The second-order valence-corrected chi connectivity index (χ2v) is 6.90. The van der Waals surface area contributed by atoms with E-state index in [1.165, 1.54) is 4.57 Å². The quantitative estimate of drug-likeness (QED) is 0.725. The topological polar surface area (TPSA) is 76.9 Å². The summed E-state index contributed by atoms with van der Waals surface area (Å²) in [5.74, 6) is -0.244. The highest BCUT2D eigenvalue weighted by Gasteiger charge is 2.18. The Morgan fingerprint density at radius 3 is 2.81 bits per heavy atom. The van der Waals surface area contributed by atoms with Crippen LogP contribution in [-0.4, -0.2) is 20.4 Å². The van der Waals surface area contributed by atoms with Crippen molar-refractivity contribution >= 4 is 17.2 Å². The van der Waals surface area contributed by atoms with Gasteiger partial charge in [-0.05, 0) is 60.9 Å². The molecule has 0 aromatic carbocycles. The molecule has 3 rings (SSSR count). The lowest BCUT2D eigenvalue weighted by molar-refractivity contribution is -0.122. The predicted molar refractivity (Wildman–Crippen MR) is 101 cm³/mol. The second kappa shape index (κ2) is 8.05. The van der Waals surface area contributed by atoms with Crippen molar-refractivity contribution in [1.82, 2.24) is 19.9 Å². The molecule has 0 fully saturated rings. The molecule has 1 atom stereocenters. The molecule has 134 valence electrons. The zero-order valence-corrected chi connectivity index (χ0v) is 15.5. The smallest absolute Gasteiger partial charge is 0.346 e. The van der Waals surface area contributed by atoms with Crippen molar-refractivity contribution in [2.45, 2.75) is 32.9 Å². The van der Waals surface area contributed by atoms with Crippen LogP contribution in [0.15, 0.2) is 52.1 Å². The Balaban J connectivity index is 1.78. The summed E-state index contributed by atoms with van der Waals surface area (Å²) in [5.41, 5.74) is 2.87. The van der Waals surface area contributed by atoms with E-state index in [4.69, 9.17) is 0 Å². The van der Waals surface area contributed by atoms with E-state index in [2.05, 4.69) is 20.7 Å². The number of pyridine rings is 1. The van der Waals surface area contributed by atoms with Gasteiger partial charge in [-0.2, -0.15) is 16.3 Å². The number of nitrogens with one attached hydrogen (secondary N) is 1. The van der Waals surface area contributed by atoms with Gasteiger partial charge in [0.05, 0.1) is 11.7 Å². The van der Waals surface area contributed by atoms with Crippen LogP contribution >= 0.6 is 11.3 Å². The zero-order valence-electron chi connectivity index (χ0n) is 14.7. The number of nitrogens with zero attached hydrogens (tertiary/aromatic N) is 3. The molecule has 26 heavy (non-hydrogen) atoms. The molecule has 0 saturated heterocycles. The van der Waals surface area contributed by atoms with Gasteiger partial charge in [0.25, 0.3) is 0 Å². The van der Waals surface area contributed by atoms with Gasteiger partial charge < -0.3 is 5.32 Å². The Kier molecular flexibility index (Phi) is 5.58. The fraction of sp³-hybridized carbons (Fsp3) is 0.263. The Labute approximate surface area is 155 Å². The molecule has 1 amide bonds. The number of carbonyl (C=O) groups excluding carboxylic acids is 1. The summed E-state index contributed by atoms with van der Waals surface area (Å²) < 4.78 is 1.38. The average molecular weight is 368 g/mol. The zero-order chi connectivity index (χ0) is 18.5. The highest BCUT2D eigenvalue weighted by atomic mass is 32.1. The summed E-state index contributed by atoms with van der Waals surface area (Å²) in [7, 11) is 0. The van der Waals surface area contributed by atoms with E-state index >= 15 is 0 Å². The fourth-order valence-corrected chi connectivity index (χ4v) is 3.49. The molecular weight excluding hydrogens is 348 g/mol. The molecule has 6 nitrogen and oxygen atoms in total. The lowest BCUT2D eigenvalue weighted by atomic mass is 10.1. The van der Waals surface area contributed by atoms with Crippen molar-refractivity contribution in [3.63, 3.8) is 0 Å².